The molecule has 2 N–H and O–H groups in total. The van der Waals surface area contributed by atoms with E-state index in [9.17, 15) is 10.2 Å². The lowest BCUT2D eigenvalue weighted by Crippen LogP contribution is -2.43. The number of nitrogens with zero attached hydrogens (tertiary/aromatic N) is 5. The molecule has 8 nitrogen and oxygen atoms in total. The van der Waals surface area contributed by atoms with E-state index in [-0.39, 0.29) is 41.0 Å². The minimum Gasteiger partial charge on any atom is -0.508 e. The third-order valence-electron chi connectivity index (χ3n) is 9.10. The number of piperidine rings is 1. The number of aliphatic hydroxyl groups excluding tert-OH is 1. The number of benzene rings is 2. The maximum absolute atomic E-state index is 16.5. The average molecular weight is 544 g/mol. The van der Waals surface area contributed by atoms with Gasteiger partial charge in [-0.2, -0.15) is 9.97 Å². The monoisotopic (exact) mass is 543 g/mol. The Bertz CT molecular complexity index is 1570. The van der Waals surface area contributed by atoms with Crippen molar-refractivity contribution >= 4 is 27.5 Å². The first-order valence-corrected chi connectivity index (χ1v) is 14.4. The fourth-order valence-corrected chi connectivity index (χ4v) is 7.07. The van der Waals surface area contributed by atoms with Gasteiger partial charge >= 0.3 is 6.01 Å². The molecular weight excluding hydrogens is 509 g/mol. The molecule has 0 saturated carbocycles. The second kappa shape index (κ2) is 10.1. The van der Waals surface area contributed by atoms with E-state index in [4.69, 9.17) is 9.72 Å². The third-order valence-corrected chi connectivity index (χ3v) is 9.10. The molecular formula is C31H34FN5O3. The summed E-state index contributed by atoms with van der Waals surface area (Å²) in [6, 6.07) is 10.9. The van der Waals surface area contributed by atoms with Gasteiger partial charge in [-0.15, -0.1) is 0 Å². The molecule has 4 aromatic rings. The van der Waals surface area contributed by atoms with Crippen molar-refractivity contribution in [1.29, 1.82) is 0 Å². The molecule has 7 rings (SSSR count). The lowest BCUT2D eigenvalue weighted by atomic mass is 9.95. The lowest BCUT2D eigenvalue weighted by molar-refractivity contribution is 0.108. The van der Waals surface area contributed by atoms with Gasteiger partial charge in [0.15, 0.2) is 5.82 Å². The fraction of sp³-hybridized carbons (Fsp3) is 0.452. The van der Waals surface area contributed by atoms with Crippen molar-refractivity contribution in [3.8, 4) is 23.0 Å². The molecule has 2 aromatic heterocycles. The SMILES string of the molecule is OCC1CCCN(c2nc(OCC34CCCN3CCC4)nc3c(F)c(-c4cc(O)cc5ccccc45)ncc23)C1. The molecule has 0 bridgehead atoms. The van der Waals surface area contributed by atoms with Crippen LogP contribution >= 0.6 is 0 Å². The molecule has 0 spiro atoms. The number of fused-ring (bicyclic) bond motifs is 3. The van der Waals surface area contributed by atoms with E-state index in [1.54, 1.807) is 18.3 Å². The van der Waals surface area contributed by atoms with E-state index in [1.165, 1.54) is 0 Å². The van der Waals surface area contributed by atoms with Crippen molar-refractivity contribution in [2.75, 3.05) is 44.3 Å². The molecule has 3 aliphatic rings. The second-order valence-corrected chi connectivity index (χ2v) is 11.6. The predicted octanol–water partition coefficient (Wildman–Crippen LogP) is 4.91. The van der Waals surface area contributed by atoms with E-state index in [2.05, 4.69) is 19.8 Å². The molecule has 0 amide bonds. The first-order chi connectivity index (χ1) is 19.5. The summed E-state index contributed by atoms with van der Waals surface area (Å²) in [5.74, 6) is 0.189. The van der Waals surface area contributed by atoms with Gasteiger partial charge in [-0.1, -0.05) is 24.3 Å². The zero-order chi connectivity index (χ0) is 27.3. The topological polar surface area (TPSA) is 94.8 Å². The average Bonchev–Trinajstić information content (AvgIpc) is 3.56. The highest BCUT2D eigenvalue weighted by molar-refractivity contribution is 5.99. The Morgan fingerprint density at radius 2 is 1.85 bits per heavy atom. The summed E-state index contributed by atoms with van der Waals surface area (Å²) in [6.45, 7) is 4.13. The molecule has 9 heteroatoms. The Morgan fingerprint density at radius 3 is 2.67 bits per heavy atom. The van der Waals surface area contributed by atoms with Crippen LogP contribution in [0, 0.1) is 11.7 Å². The van der Waals surface area contributed by atoms with Gasteiger partial charge in [0, 0.05) is 31.5 Å². The molecule has 3 aliphatic heterocycles. The summed E-state index contributed by atoms with van der Waals surface area (Å²) >= 11 is 0. The number of anilines is 1. The smallest absolute Gasteiger partial charge is 0.319 e. The van der Waals surface area contributed by atoms with Crippen LogP contribution in [-0.2, 0) is 0 Å². The highest BCUT2D eigenvalue weighted by Gasteiger charge is 2.45. The van der Waals surface area contributed by atoms with Gasteiger partial charge in [0.1, 0.15) is 29.4 Å². The van der Waals surface area contributed by atoms with Crippen molar-refractivity contribution in [3.05, 3.63) is 48.4 Å². The van der Waals surface area contributed by atoms with Gasteiger partial charge in [-0.25, -0.2) is 4.39 Å². The number of rotatable bonds is 6. The van der Waals surface area contributed by atoms with E-state index in [1.807, 2.05) is 24.3 Å². The Hall–Kier alpha value is -3.56. The van der Waals surface area contributed by atoms with Gasteiger partial charge in [-0.05, 0) is 80.4 Å². The van der Waals surface area contributed by atoms with Gasteiger partial charge in [0.25, 0.3) is 0 Å². The normalized spacial score (nSPS) is 20.9. The highest BCUT2D eigenvalue weighted by Crippen LogP contribution is 2.40. The van der Waals surface area contributed by atoms with E-state index in [0.717, 1.165) is 68.9 Å². The van der Waals surface area contributed by atoms with Crippen molar-refractivity contribution in [2.24, 2.45) is 5.92 Å². The number of aromatic nitrogens is 3. The van der Waals surface area contributed by atoms with Crippen molar-refractivity contribution in [1.82, 2.24) is 19.9 Å². The summed E-state index contributed by atoms with van der Waals surface area (Å²) in [5, 5.41) is 22.4. The lowest BCUT2D eigenvalue weighted by Gasteiger charge is -2.34. The third kappa shape index (κ3) is 4.32. The number of aliphatic hydroxyl groups is 1. The Kier molecular flexibility index (Phi) is 6.43. The molecule has 1 atom stereocenters. The molecule has 5 heterocycles. The standard InChI is InChI=1S/C31H34FN5O3/c32-26-27(24-15-22(39)14-21-7-1-2-8-23(21)24)33-16-25-28(26)34-30(35-29(25)36-11-3-6-20(17-36)18-38)40-19-31-9-4-12-37(31)13-5-10-31/h1-2,7-8,14-16,20,38-39H,3-6,9-13,17-19H2. The maximum Gasteiger partial charge on any atom is 0.319 e. The summed E-state index contributed by atoms with van der Waals surface area (Å²) in [7, 11) is 0. The zero-order valence-corrected chi connectivity index (χ0v) is 22.5. The van der Waals surface area contributed by atoms with Gasteiger partial charge in [0.2, 0.25) is 0 Å². The number of halogens is 1. The molecule has 0 radical (unpaired) electrons. The fourth-order valence-electron chi connectivity index (χ4n) is 7.07. The molecule has 2 aromatic carbocycles. The number of phenolic OH excluding ortho intramolecular Hbond substituents is 1. The minimum atomic E-state index is -0.570. The number of aromatic hydroxyl groups is 1. The van der Waals surface area contributed by atoms with E-state index < -0.39 is 5.82 Å². The quantitative estimate of drug-likeness (QED) is 0.355. The molecule has 3 saturated heterocycles. The summed E-state index contributed by atoms with van der Waals surface area (Å²) in [6.07, 6.45) is 7.97. The summed E-state index contributed by atoms with van der Waals surface area (Å²) in [4.78, 5) is 18.6. The van der Waals surface area contributed by atoms with Crippen molar-refractivity contribution < 1.29 is 19.3 Å². The second-order valence-electron chi connectivity index (χ2n) is 11.6. The van der Waals surface area contributed by atoms with Crippen LogP contribution in [0.1, 0.15) is 38.5 Å². The number of pyridine rings is 1. The molecule has 3 fully saturated rings. The summed E-state index contributed by atoms with van der Waals surface area (Å²) in [5.41, 5.74) is 0.783. The predicted molar refractivity (Wildman–Crippen MR) is 152 cm³/mol. The Balaban J connectivity index is 1.35. The number of hydrogen-bond acceptors (Lipinski definition) is 8. The highest BCUT2D eigenvalue weighted by atomic mass is 19.1. The largest absolute Gasteiger partial charge is 0.508 e. The van der Waals surface area contributed by atoms with Crippen LogP contribution in [0.4, 0.5) is 10.2 Å². The van der Waals surface area contributed by atoms with Crippen LogP contribution in [0.15, 0.2) is 42.6 Å². The first kappa shape index (κ1) is 25.4. The van der Waals surface area contributed by atoms with Crippen LogP contribution in [0.2, 0.25) is 0 Å². The molecule has 208 valence electrons. The molecule has 0 aliphatic carbocycles. The van der Waals surface area contributed by atoms with Gasteiger partial charge < -0.3 is 19.8 Å². The zero-order valence-electron chi connectivity index (χ0n) is 22.5. The number of phenols is 1. The Labute approximate surface area is 232 Å². The van der Waals surface area contributed by atoms with E-state index >= 15 is 4.39 Å². The summed E-state index contributed by atoms with van der Waals surface area (Å²) < 4.78 is 22.8. The van der Waals surface area contributed by atoms with Gasteiger partial charge in [-0.3, -0.25) is 9.88 Å². The molecule has 40 heavy (non-hydrogen) atoms. The van der Waals surface area contributed by atoms with Crippen molar-refractivity contribution in [2.45, 2.75) is 44.1 Å². The number of ether oxygens (including phenoxy) is 1. The van der Waals surface area contributed by atoms with E-state index in [0.29, 0.717) is 29.9 Å². The minimum absolute atomic E-state index is 0.00795. The molecule has 1 unspecified atom stereocenters. The van der Waals surface area contributed by atoms with Crippen LogP contribution < -0.4 is 9.64 Å². The van der Waals surface area contributed by atoms with Gasteiger partial charge in [0.05, 0.1) is 10.9 Å². The Morgan fingerprint density at radius 1 is 1.02 bits per heavy atom. The van der Waals surface area contributed by atoms with Crippen LogP contribution in [-0.4, -0.2) is 75.0 Å². The number of hydrogen-bond donors (Lipinski definition) is 2. The first-order valence-electron chi connectivity index (χ1n) is 14.4. The van der Waals surface area contributed by atoms with Crippen LogP contribution in [0.25, 0.3) is 32.9 Å². The maximum atomic E-state index is 16.5. The van der Waals surface area contributed by atoms with Crippen LogP contribution in [0.3, 0.4) is 0 Å². The van der Waals surface area contributed by atoms with Crippen molar-refractivity contribution in [3.63, 3.8) is 0 Å². The van der Waals surface area contributed by atoms with Crippen LogP contribution in [0.5, 0.6) is 11.8 Å².